The molecular weight excluding hydrogens is 595 g/mol. The molecule has 0 amide bonds. The first-order valence-electron chi connectivity index (χ1n) is 10.7. The van der Waals surface area contributed by atoms with Crippen LogP contribution in [0.4, 0.5) is 0 Å². The molecule has 14 heteroatoms. The number of carbonyl (C=O) groups excluding carboxylic acids is 1. The van der Waals surface area contributed by atoms with Gasteiger partial charge in [-0.3, -0.25) is 19.9 Å². The van der Waals surface area contributed by atoms with Gasteiger partial charge in [-0.1, -0.05) is 41.6 Å². The predicted molar refractivity (Wildman–Crippen MR) is 121 cm³/mol. The van der Waals surface area contributed by atoms with Crippen LogP contribution in [0.25, 0.3) is 0 Å². The Kier molecular flexibility index (Phi) is 15.1. The summed E-state index contributed by atoms with van der Waals surface area (Å²) in [5, 5.41) is 21.1. The summed E-state index contributed by atoms with van der Waals surface area (Å²) in [4.78, 5) is 25.8. The summed E-state index contributed by atoms with van der Waals surface area (Å²) in [6.45, 7) is 2.32. The van der Waals surface area contributed by atoms with E-state index >= 15 is 0 Å². The van der Waals surface area contributed by atoms with Crippen LogP contribution < -0.4 is 28.8 Å². The molecular formula is C25H21Cl2FeN4O7+. The van der Waals surface area contributed by atoms with E-state index < -0.39 is 27.5 Å². The molecule has 0 bridgehead atoms. The van der Waals surface area contributed by atoms with Gasteiger partial charge in [-0.2, -0.15) is 0 Å². The number of nitrogens with zero attached hydrogens (tertiary/aromatic N) is 4. The Bertz CT molecular complexity index is 1150. The largest absolute Gasteiger partial charge is 4.00 e. The summed E-state index contributed by atoms with van der Waals surface area (Å²) in [5.41, 5.74) is 2.75. The Hall–Kier alpha value is -3.16. The van der Waals surface area contributed by atoms with E-state index in [9.17, 15) is 15.0 Å². The molecule has 39 heavy (non-hydrogen) atoms. The molecule has 0 aliphatic carbocycles. The summed E-state index contributed by atoms with van der Waals surface area (Å²) < 4.78 is 34.0. The van der Waals surface area contributed by atoms with Gasteiger partial charge in [0.25, 0.3) is 0 Å². The second kappa shape index (κ2) is 17.4. The number of hydrogen-bond donors (Lipinski definition) is 0. The van der Waals surface area contributed by atoms with E-state index in [1.165, 1.54) is 6.07 Å². The fraction of sp³-hybridized carbons (Fsp3) is 0.120. The third-order valence-electron chi connectivity index (χ3n) is 4.50. The zero-order chi connectivity index (χ0) is 28.0. The van der Waals surface area contributed by atoms with E-state index in [0.29, 0.717) is 0 Å². The number of carbonyl (C=O) groups is 1. The van der Waals surface area contributed by atoms with Crippen molar-refractivity contribution in [1.29, 1.82) is 0 Å². The number of carboxylic acid groups (broad SMARTS) is 1. The number of aromatic carboxylic acids is 1. The standard InChI is InChI=1S/C18H18N4.C7H5ClO3.ClHO4.Fe/c1-4-10-19-16(7-1)13-22(14-17-8-2-5-11-20-17)15-18-9-3-6-12-21-18;8-4-1-2-6(9)5(3-4)7(10)11;2-1(3,4)5;/h1-12H,13-15H2;1-3,9H,(H,10,11);(H,2,3,4,5);/q;;;+4/p-3. The summed E-state index contributed by atoms with van der Waals surface area (Å²) in [6.07, 6.45) is 5.49. The SMILES string of the molecule is O=C([O-])c1cc(Cl)ccc1[O-].[Fe+4].[O-][Cl+3]([O-])([O-])[O-].c1ccc(CN(Cc2ccccn2)Cc2ccccn2)nc1. The van der Waals surface area contributed by atoms with Crippen molar-refractivity contribution in [2.75, 3.05) is 0 Å². The summed E-state index contributed by atoms with van der Waals surface area (Å²) >= 11 is 5.43. The van der Waals surface area contributed by atoms with E-state index in [0.717, 1.165) is 48.8 Å². The number of aromatic nitrogens is 3. The number of rotatable bonds is 7. The Morgan fingerprint density at radius 1 is 0.744 bits per heavy atom. The van der Waals surface area contributed by atoms with Crippen LogP contribution in [0.3, 0.4) is 0 Å². The van der Waals surface area contributed by atoms with Crippen LogP contribution in [-0.4, -0.2) is 25.8 Å². The molecule has 0 N–H and O–H groups in total. The molecule has 0 saturated heterocycles. The maximum absolute atomic E-state index is 10.7. The van der Waals surface area contributed by atoms with E-state index in [-0.39, 0.29) is 22.1 Å². The van der Waals surface area contributed by atoms with Gasteiger partial charge in [0.05, 0.1) is 23.1 Å². The molecule has 4 aromatic rings. The molecule has 204 valence electrons. The van der Waals surface area contributed by atoms with E-state index in [2.05, 4.69) is 19.9 Å². The monoisotopic (exact) mass is 615 g/mol. The molecule has 3 heterocycles. The van der Waals surface area contributed by atoms with Crippen LogP contribution in [-0.2, 0) is 36.7 Å². The number of carboxylic acids is 1. The zero-order valence-corrected chi connectivity index (χ0v) is 22.7. The maximum Gasteiger partial charge on any atom is 4.00 e. The number of halogens is 2. The predicted octanol–water partition coefficient (Wildman–Crippen LogP) is -1.91. The van der Waals surface area contributed by atoms with Crippen LogP contribution in [0, 0.1) is 10.2 Å². The van der Waals surface area contributed by atoms with Gasteiger partial charge in [-0.15, -0.1) is 10.2 Å². The van der Waals surface area contributed by atoms with Gasteiger partial charge in [0, 0.05) is 43.2 Å². The van der Waals surface area contributed by atoms with Gasteiger partial charge >= 0.3 is 17.1 Å². The van der Waals surface area contributed by atoms with Gasteiger partial charge in [0.15, 0.2) is 0 Å². The van der Waals surface area contributed by atoms with Crippen LogP contribution in [0.1, 0.15) is 27.4 Å². The molecule has 0 aliphatic heterocycles. The van der Waals surface area contributed by atoms with Crippen molar-refractivity contribution in [1.82, 2.24) is 19.9 Å². The fourth-order valence-corrected chi connectivity index (χ4v) is 3.16. The molecule has 0 saturated carbocycles. The van der Waals surface area contributed by atoms with Crippen molar-refractivity contribution in [2.24, 2.45) is 0 Å². The molecule has 0 spiro atoms. The summed E-state index contributed by atoms with van der Waals surface area (Å²) in [6, 6.07) is 21.5. The third-order valence-corrected chi connectivity index (χ3v) is 4.73. The minimum absolute atomic E-state index is 0. The Morgan fingerprint density at radius 3 is 1.41 bits per heavy atom. The van der Waals surface area contributed by atoms with Crippen LogP contribution in [0.5, 0.6) is 5.75 Å². The average Bonchev–Trinajstić information content (AvgIpc) is 2.87. The van der Waals surface area contributed by atoms with Gasteiger partial charge in [-0.05, 0) is 54.1 Å². The second-order valence-corrected chi connectivity index (χ2v) is 8.61. The number of pyridine rings is 3. The smallest absolute Gasteiger partial charge is 0.872 e. The van der Waals surface area contributed by atoms with Gasteiger partial charge in [0.2, 0.25) is 0 Å². The molecule has 0 radical (unpaired) electrons. The Labute approximate surface area is 242 Å². The first-order valence-corrected chi connectivity index (χ1v) is 12.3. The van der Waals surface area contributed by atoms with E-state index in [4.69, 9.17) is 30.2 Å². The maximum atomic E-state index is 10.7. The summed E-state index contributed by atoms with van der Waals surface area (Å²) in [5.74, 6) is -2.09. The van der Waals surface area contributed by atoms with Gasteiger partial charge < -0.3 is 15.0 Å². The average molecular weight is 616 g/mol. The topological polar surface area (TPSA) is 197 Å². The minimum atomic E-state index is -4.94. The zero-order valence-electron chi connectivity index (χ0n) is 20.0. The quantitative estimate of drug-likeness (QED) is 0.210. The molecule has 11 nitrogen and oxygen atoms in total. The molecule has 0 aliphatic rings. The van der Waals surface area contributed by atoms with E-state index in [1.807, 2.05) is 73.2 Å². The molecule has 3 aromatic heterocycles. The summed E-state index contributed by atoms with van der Waals surface area (Å²) in [7, 11) is -4.94. The Balaban J connectivity index is 0.000000375. The van der Waals surface area contributed by atoms with Crippen molar-refractivity contribution in [3.63, 3.8) is 0 Å². The van der Waals surface area contributed by atoms with Crippen molar-refractivity contribution in [3.05, 3.63) is 119 Å². The van der Waals surface area contributed by atoms with Crippen LogP contribution in [0.2, 0.25) is 5.02 Å². The molecule has 1 aromatic carbocycles. The van der Waals surface area contributed by atoms with Crippen molar-refractivity contribution >= 4 is 17.6 Å². The van der Waals surface area contributed by atoms with Crippen LogP contribution in [0.15, 0.2) is 91.4 Å². The van der Waals surface area contributed by atoms with E-state index in [1.54, 1.807) is 0 Å². The first kappa shape index (κ1) is 33.9. The number of hydrogen-bond acceptors (Lipinski definition) is 11. The third kappa shape index (κ3) is 15.1. The Morgan fingerprint density at radius 2 is 1.13 bits per heavy atom. The van der Waals surface area contributed by atoms with Gasteiger partial charge in [-0.25, -0.2) is 18.6 Å². The second-order valence-electron chi connectivity index (χ2n) is 7.41. The normalized spacial score (nSPS) is 10.3. The molecule has 0 fully saturated rings. The molecule has 0 unspecified atom stereocenters. The fourth-order valence-electron chi connectivity index (χ4n) is 2.99. The van der Waals surface area contributed by atoms with Gasteiger partial charge in [0.1, 0.15) is 0 Å². The molecule has 0 atom stereocenters. The van der Waals surface area contributed by atoms with Crippen LogP contribution >= 0.6 is 11.6 Å². The van der Waals surface area contributed by atoms with Crippen molar-refractivity contribution in [2.45, 2.75) is 19.6 Å². The minimum Gasteiger partial charge on any atom is -0.872 e. The number of benzene rings is 1. The molecule has 4 rings (SSSR count). The first-order chi connectivity index (χ1) is 18.0. The van der Waals surface area contributed by atoms with Crippen molar-refractivity contribution in [3.8, 4) is 5.75 Å². The van der Waals surface area contributed by atoms with Crippen molar-refractivity contribution < 1.29 is 61.0 Å².